The highest BCUT2D eigenvalue weighted by atomic mass is 31.2. The van der Waals surface area contributed by atoms with Crippen molar-refractivity contribution in [3.8, 4) is 0 Å². The molecule has 0 fully saturated rings. The molecule has 72 valence electrons. The molecule has 0 spiro atoms. The molecule has 3 N–H and O–H groups in total. The lowest BCUT2D eigenvalue weighted by Crippen LogP contribution is -2.11. The van der Waals surface area contributed by atoms with Gasteiger partial charge in [0.1, 0.15) is 0 Å². The summed E-state index contributed by atoms with van der Waals surface area (Å²) in [4.78, 5) is 17.4. The van der Waals surface area contributed by atoms with Gasteiger partial charge in [-0.1, -0.05) is 6.07 Å². The zero-order chi connectivity index (χ0) is 10.1. The van der Waals surface area contributed by atoms with Crippen LogP contribution in [0, 0.1) is 5.21 Å². The number of hydrogen-bond acceptors (Lipinski definition) is 4. The molecule has 0 bridgehead atoms. The van der Waals surface area contributed by atoms with Gasteiger partial charge in [-0.25, -0.2) is 0 Å². The molecule has 0 radical (unpaired) electrons. The molecule has 0 amide bonds. The molecule has 1 rings (SSSR count). The summed E-state index contributed by atoms with van der Waals surface area (Å²) in [6.07, 6.45) is 0. The van der Waals surface area contributed by atoms with Crippen LogP contribution in [0.25, 0.3) is 0 Å². The van der Waals surface area contributed by atoms with E-state index in [1.54, 1.807) is 0 Å². The first-order chi connectivity index (χ1) is 5.91. The van der Waals surface area contributed by atoms with Crippen molar-refractivity contribution in [1.82, 2.24) is 0 Å². The van der Waals surface area contributed by atoms with E-state index in [-0.39, 0.29) is 11.0 Å². The van der Waals surface area contributed by atoms with Crippen molar-refractivity contribution in [1.29, 1.82) is 0 Å². The third-order valence-corrected chi connectivity index (χ3v) is 2.34. The SMILES string of the molecule is O=P(O)(O)c1cccc(N([O-])O)c1. The maximum atomic E-state index is 10.7. The lowest BCUT2D eigenvalue weighted by Gasteiger charge is -2.21. The highest BCUT2D eigenvalue weighted by Crippen LogP contribution is 2.33. The predicted octanol–water partition coefficient (Wildman–Crippen LogP) is 0.183. The van der Waals surface area contributed by atoms with E-state index in [0.717, 1.165) is 6.07 Å². The minimum absolute atomic E-state index is 0.221. The van der Waals surface area contributed by atoms with Crippen LogP contribution in [0.4, 0.5) is 5.69 Å². The predicted molar refractivity (Wildman–Crippen MR) is 45.8 cm³/mol. The largest absolute Gasteiger partial charge is 0.733 e. The fourth-order valence-corrected chi connectivity index (χ4v) is 1.37. The summed E-state index contributed by atoms with van der Waals surface area (Å²) in [5.74, 6) is 0. The van der Waals surface area contributed by atoms with E-state index in [9.17, 15) is 9.77 Å². The molecular formula is C6H7NO5P-. The van der Waals surface area contributed by atoms with Crippen molar-refractivity contribution in [2.45, 2.75) is 0 Å². The smallest absolute Gasteiger partial charge is 0.356 e. The zero-order valence-electron chi connectivity index (χ0n) is 6.36. The Morgan fingerprint density at radius 2 is 2.00 bits per heavy atom. The Kier molecular flexibility index (Phi) is 2.70. The number of anilines is 1. The van der Waals surface area contributed by atoms with Crippen LogP contribution in [0.5, 0.6) is 0 Å². The molecule has 0 unspecified atom stereocenters. The van der Waals surface area contributed by atoms with Gasteiger partial charge in [-0.3, -0.25) is 9.77 Å². The molecule has 7 heteroatoms. The number of nitrogens with zero attached hydrogens (tertiary/aromatic N) is 1. The monoisotopic (exact) mass is 204 g/mol. The third-order valence-electron chi connectivity index (χ3n) is 1.39. The van der Waals surface area contributed by atoms with Crippen LogP contribution in [0.3, 0.4) is 0 Å². The molecule has 0 saturated heterocycles. The Balaban J connectivity index is 3.13. The number of rotatable bonds is 2. The van der Waals surface area contributed by atoms with E-state index < -0.39 is 12.8 Å². The molecule has 13 heavy (non-hydrogen) atoms. The number of hydrogen-bond donors (Lipinski definition) is 3. The van der Waals surface area contributed by atoms with Gasteiger partial charge in [0.15, 0.2) is 0 Å². The summed E-state index contributed by atoms with van der Waals surface area (Å²) < 4.78 is 10.7. The summed E-state index contributed by atoms with van der Waals surface area (Å²) in [5.41, 5.74) is -0.221. The van der Waals surface area contributed by atoms with Crippen molar-refractivity contribution >= 4 is 18.6 Å². The Hall–Kier alpha value is -0.910. The molecule has 0 aliphatic carbocycles. The topological polar surface area (TPSA) is 104 Å². The van der Waals surface area contributed by atoms with Crippen LogP contribution in [-0.4, -0.2) is 15.0 Å². The summed E-state index contributed by atoms with van der Waals surface area (Å²) >= 11 is 0. The lowest BCUT2D eigenvalue weighted by molar-refractivity contribution is 0.296. The van der Waals surface area contributed by atoms with Gasteiger partial charge in [0, 0.05) is 0 Å². The Morgan fingerprint density at radius 3 is 2.46 bits per heavy atom. The molecule has 0 aliphatic heterocycles. The average Bonchev–Trinajstić information content (AvgIpc) is 2.03. The highest BCUT2D eigenvalue weighted by molar-refractivity contribution is 7.60. The van der Waals surface area contributed by atoms with Crippen molar-refractivity contribution < 1.29 is 19.6 Å². The van der Waals surface area contributed by atoms with Crippen LogP contribution in [-0.2, 0) is 4.57 Å². The molecule has 0 heterocycles. The average molecular weight is 204 g/mol. The molecule has 0 atom stereocenters. The lowest BCUT2D eigenvalue weighted by atomic mass is 10.3. The van der Waals surface area contributed by atoms with Crippen LogP contribution in [0.15, 0.2) is 24.3 Å². The van der Waals surface area contributed by atoms with Gasteiger partial charge in [-0.05, 0) is 18.2 Å². The van der Waals surface area contributed by atoms with Crippen LogP contribution in [0.2, 0.25) is 0 Å². The van der Waals surface area contributed by atoms with Crippen molar-refractivity contribution in [2.75, 3.05) is 5.23 Å². The van der Waals surface area contributed by atoms with E-state index in [1.807, 2.05) is 0 Å². The summed E-state index contributed by atoms with van der Waals surface area (Å²) in [7, 11) is -4.36. The summed E-state index contributed by atoms with van der Waals surface area (Å²) in [5, 5.41) is 18.0. The molecule has 0 aliphatic rings. The Bertz CT molecular complexity index is 347. The maximum absolute atomic E-state index is 10.7. The standard InChI is InChI=1S/C6H7NO5P/c8-7(9)5-2-1-3-6(4-5)13(10,11)12/h1-4,8H,(H2,10,11,12)/q-1. The second-order valence-corrected chi connectivity index (χ2v) is 3.94. The van der Waals surface area contributed by atoms with Crippen LogP contribution in [0.1, 0.15) is 0 Å². The molecule has 1 aromatic carbocycles. The van der Waals surface area contributed by atoms with E-state index >= 15 is 0 Å². The van der Waals surface area contributed by atoms with Crippen molar-refractivity contribution in [2.24, 2.45) is 0 Å². The minimum Gasteiger partial charge on any atom is -0.733 e. The first-order valence-corrected chi connectivity index (χ1v) is 4.85. The Morgan fingerprint density at radius 1 is 1.38 bits per heavy atom. The second kappa shape index (κ2) is 3.45. The first-order valence-electron chi connectivity index (χ1n) is 3.23. The zero-order valence-corrected chi connectivity index (χ0v) is 7.26. The fourth-order valence-electron chi connectivity index (χ4n) is 0.793. The van der Waals surface area contributed by atoms with Gasteiger partial charge in [0.05, 0.1) is 11.0 Å². The Labute approximate surface area is 73.7 Å². The highest BCUT2D eigenvalue weighted by Gasteiger charge is 2.16. The normalized spacial score (nSPS) is 11.4. The van der Waals surface area contributed by atoms with Crippen molar-refractivity contribution in [3.63, 3.8) is 0 Å². The van der Waals surface area contributed by atoms with Gasteiger partial charge >= 0.3 is 7.60 Å². The molecular weight excluding hydrogens is 197 g/mol. The quantitative estimate of drug-likeness (QED) is 0.469. The van der Waals surface area contributed by atoms with Crippen LogP contribution >= 0.6 is 7.60 Å². The molecule has 6 nitrogen and oxygen atoms in total. The van der Waals surface area contributed by atoms with Gasteiger partial charge < -0.3 is 20.2 Å². The maximum Gasteiger partial charge on any atom is 0.356 e. The van der Waals surface area contributed by atoms with Crippen molar-refractivity contribution in [3.05, 3.63) is 29.5 Å². The van der Waals surface area contributed by atoms with E-state index in [0.29, 0.717) is 0 Å². The fraction of sp³-hybridized carbons (Fsp3) is 0. The summed E-state index contributed by atoms with van der Waals surface area (Å²) in [6.45, 7) is 0. The van der Waals surface area contributed by atoms with E-state index in [2.05, 4.69) is 0 Å². The number of benzene rings is 1. The second-order valence-electron chi connectivity index (χ2n) is 2.34. The summed E-state index contributed by atoms with van der Waals surface area (Å²) in [6, 6.07) is 4.60. The minimum atomic E-state index is -4.36. The molecule has 1 aromatic rings. The van der Waals surface area contributed by atoms with E-state index in [4.69, 9.17) is 15.0 Å². The molecule has 0 saturated carbocycles. The molecule has 0 aromatic heterocycles. The van der Waals surface area contributed by atoms with Crippen LogP contribution < -0.4 is 10.5 Å². The first kappa shape index (κ1) is 10.2. The van der Waals surface area contributed by atoms with Gasteiger partial charge in [-0.2, -0.15) is 0 Å². The van der Waals surface area contributed by atoms with E-state index in [1.165, 1.54) is 18.2 Å². The third kappa shape index (κ3) is 2.51. The van der Waals surface area contributed by atoms with Gasteiger partial charge in [0.25, 0.3) is 0 Å². The van der Waals surface area contributed by atoms with Gasteiger partial charge in [-0.15, -0.1) is 0 Å². The van der Waals surface area contributed by atoms with Gasteiger partial charge in [0.2, 0.25) is 0 Å².